The van der Waals surface area contributed by atoms with E-state index in [2.05, 4.69) is 36.6 Å². The van der Waals surface area contributed by atoms with Crippen molar-refractivity contribution in [2.24, 2.45) is 0 Å². The number of nitrogen functional groups attached to an aromatic ring is 1. The molecule has 0 aromatic heterocycles. The molecule has 3 N–H and O–H groups in total. The van der Waals surface area contributed by atoms with Crippen molar-refractivity contribution in [3.05, 3.63) is 45.3 Å². The van der Waals surface area contributed by atoms with E-state index in [1.165, 1.54) is 25.3 Å². The van der Waals surface area contributed by atoms with Gasteiger partial charge in [0.1, 0.15) is 10.6 Å². The molecule has 5 nitrogen and oxygen atoms in total. The van der Waals surface area contributed by atoms with Gasteiger partial charge in [0.15, 0.2) is 0 Å². The summed E-state index contributed by atoms with van der Waals surface area (Å²) in [4.78, 5) is 0.0195. The fraction of sp³-hybridized carbons (Fsp3) is 0.0769. The van der Waals surface area contributed by atoms with Gasteiger partial charge in [-0.3, -0.25) is 4.72 Å². The van der Waals surface area contributed by atoms with Crippen LogP contribution in [0.15, 0.2) is 50.2 Å². The molecule has 0 spiro atoms. The largest absolute Gasteiger partial charge is 0.495 e. The highest BCUT2D eigenvalue weighted by Gasteiger charge is 2.20. The lowest BCUT2D eigenvalue weighted by Gasteiger charge is -2.13. The Hall–Kier alpha value is -1.25. The van der Waals surface area contributed by atoms with Crippen molar-refractivity contribution < 1.29 is 13.2 Å². The number of ether oxygens (including phenoxy) is 1. The molecule has 0 atom stereocenters. The smallest absolute Gasteiger partial charge is 0.265 e. The standard InChI is InChI=1S/C13H12Br2N2O3S/c1-20-12-7-9(16)3-5-13(12)21(18,19)17-11-6-8(14)2-4-10(11)15/h2-7,17H,16H2,1H3. The summed E-state index contributed by atoms with van der Waals surface area (Å²) in [5.41, 5.74) is 6.48. The first kappa shape index (κ1) is 16.1. The van der Waals surface area contributed by atoms with E-state index in [-0.39, 0.29) is 10.6 Å². The second kappa shape index (κ2) is 6.25. The van der Waals surface area contributed by atoms with Crippen molar-refractivity contribution in [3.63, 3.8) is 0 Å². The normalized spacial score (nSPS) is 11.2. The van der Waals surface area contributed by atoms with E-state index in [9.17, 15) is 8.42 Å². The highest BCUT2D eigenvalue weighted by molar-refractivity contribution is 9.11. The predicted molar refractivity (Wildman–Crippen MR) is 90.1 cm³/mol. The van der Waals surface area contributed by atoms with Crippen LogP contribution >= 0.6 is 31.9 Å². The number of anilines is 2. The quantitative estimate of drug-likeness (QED) is 0.718. The van der Waals surface area contributed by atoms with Gasteiger partial charge in [0.2, 0.25) is 0 Å². The molecule has 0 unspecified atom stereocenters. The number of halogens is 2. The van der Waals surface area contributed by atoms with E-state index in [0.717, 1.165) is 4.47 Å². The first-order valence-electron chi connectivity index (χ1n) is 5.75. The molecule has 0 aliphatic rings. The number of hydrogen-bond acceptors (Lipinski definition) is 4. The van der Waals surface area contributed by atoms with Crippen LogP contribution in [-0.2, 0) is 10.0 Å². The molecule has 0 aliphatic heterocycles. The van der Waals surface area contributed by atoms with Crippen LogP contribution in [0, 0.1) is 0 Å². The monoisotopic (exact) mass is 434 g/mol. The van der Waals surface area contributed by atoms with Crippen LogP contribution in [0.25, 0.3) is 0 Å². The number of benzene rings is 2. The minimum Gasteiger partial charge on any atom is -0.495 e. The lowest BCUT2D eigenvalue weighted by atomic mass is 10.3. The SMILES string of the molecule is COc1cc(N)ccc1S(=O)(=O)Nc1cc(Br)ccc1Br. The highest BCUT2D eigenvalue weighted by Crippen LogP contribution is 2.31. The van der Waals surface area contributed by atoms with Crippen LogP contribution in [0.2, 0.25) is 0 Å². The molecule has 0 amide bonds. The molecule has 0 saturated carbocycles. The number of sulfonamides is 1. The summed E-state index contributed by atoms with van der Waals surface area (Å²) in [5.74, 6) is 0.189. The van der Waals surface area contributed by atoms with Gasteiger partial charge in [-0.25, -0.2) is 8.42 Å². The van der Waals surface area contributed by atoms with Gasteiger partial charge < -0.3 is 10.5 Å². The third kappa shape index (κ3) is 3.69. The third-order valence-electron chi connectivity index (χ3n) is 2.65. The minimum atomic E-state index is -3.79. The third-order valence-corrected chi connectivity index (χ3v) is 5.24. The summed E-state index contributed by atoms with van der Waals surface area (Å²) in [6.07, 6.45) is 0. The molecular weight excluding hydrogens is 424 g/mol. The first-order chi connectivity index (χ1) is 9.83. The maximum Gasteiger partial charge on any atom is 0.265 e. The zero-order valence-electron chi connectivity index (χ0n) is 10.9. The molecule has 0 bridgehead atoms. The van der Waals surface area contributed by atoms with Crippen LogP contribution < -0.4 is 15.2 Å². The molecule has 2 aromatic carbocycles. The minimum absolute atomic E-state index is 0.0195. The van der Waals surface area contributed by atoms with Crippen molar-refractivity contribution in [2.75, 3.05) is 17.6 Å². The Bertz CT molecular complexity index is 779. The van der Waals surface area contributed by atoms with Crippen molar-refractivity contribution in [1.82, 2.24) is 0 Å². The second-order valence-electron chi connectivity index (χ2n) is 4.14. The van der Waals surface area contributed by atoms with Crippen LogP contribution in [0.1, 0.15) is 0 Å². The fourth-order valence-electron chi connectivity index (χ4n) is 1.68. The second-order valence-corrected chi connectivity index (χ2v) is 7.56. The molecule has 2 rings (SSSR count). The lowest BCUT2D eigenvalue weighted by molar-refractivity contribution is 0.403. The first-order valence-corrected chi connectivity index (χ1v) is 8.82. The Morgan fingerprint density at radius 3 is 2.52 bits per heavy atom. The molecule has 0 fully saturated rings. The van der Waals surface area contributed by atoms with Crippen molar-refractivity contribution in [1.29, 1.82) is 0 Å². The van der Waals surface area contributed by atoms with Gasteiger partial charge in [-0.15, -0.1) is 0 Å². The molecule has 0 heterocycles. The summed E-state index contributed by atoms with van der Waals surface area (Å²) in [6, 6.07) is 9.57. The Kier molecular flexibility index (Phi) is 4.80. The maximum absolute atomic E-state index is 12.5. The number of nitrogens with two attached hydrogens (primary N) is 1. The molecule has 8 heteroatoms. The molecule has 112 valence electrons. The number of nitrogens with one attached hydrogen (secondary N) is 1. The zero-order valence-corrected chi connectivity index (χ0v) is 14.9. The zero-order chi connectivity index (χ0) is 15.6. The number of methoxy groups -OCH3 is 1. The van der Waals surface area contributed by atoms with Gasteiger partial charge in [-0.1, -0.05) is 15.9 Å². The highest BCUT2D eigenvalue weighted by atomic mass is 79.9. The van der Waals surface area contributed by atoms with E-state index in [0.29, 0.717) is 15.8 Å². The molecule has 21 heavy (non-hydrogen) atoms. The summed E-state index contributed by atoms with van der Waals surface area (Å²) in [5, 5.41) is 0. The Balaban J connectivity index is 2.46. The van der Waals surface area contributed by atoms with Crippen LogP contribution in [0.3, 0.4) is 0 Å². The molecule has 0 aliphatic carbocycles. The van der Waals surface area contributed by atoms with Crippen LogP contribution in [0.4, 0.5) is 11.4 Å². The van der Waals surface area contributed by atoms with Gasteiger partial charge >= 0.3 is 0 Å². The van der Waals surface area contributed by atoms with Gasteiger partial charge in [0.05, 0.1) is 12.8 Å². The van der Waals surface area contributed by atoms with E-state index in [1.807, 2.05) is 0 Å². The van der Waals surface area contributed by atoms with Crippen LogP contribution in [-0.4, -0.2) is 15.5 Å². The van der Waals surface area contributed by atoms with E-state index < -0.39 is 10.0 Å². The fourth-order valence-corrected chi connectivity index (χ4v) is 3.74. The average Bonchev–Trinajstić information content (AvgIpc) is 2.42. The van der Waals surface area contributed by atoms with Crippen molar-refractivity contribution >= 4 is 53.3 Å². The van der Waals surface area contributed by atoms with E-state index >= 15 is 0 Å². The van der Waals surface area contributed by atoms with Crippen LogP contribution in [0.5, 0.6) is 5.75 Å². The average molecular weight is 436 g/mol. The predicted octanol–water partition coefficient (Wildman–Crippen LogP) is 3.60. The Morgan fingerprint density at radius 2 is 1.86 bits per heavy atom. The lowest BCUT2D eigenvalue weighted by Crippen LogP contribution is -2.14. The number of rotatable bonds is 4. The summed E-state index contributed by atoms with van der Waals surface area (Å²) in [6.45, 7) is 0. The Labute approximate surface area is 139 Å². The van der Waals surface area contributed by atoms with E-state index in [4.69, 9.17) is 10.5 Å². The molecular formula is C13H12Br2N2O3S. The number of hydrogen-bond donors (Lipinski definition) is 2. The summed E-state index contributed by atoms with van der Waals surface area (Å²) < 4.78 is 34.0. The van der Waals surface area contributed by atoms with Crippen molar-refractivity contribution in [3.8, 4) is 5.75 Å². The van der Waals surface area contributed by atoms with Gasteiger partial charge in [-0.2, -0.15) is 0 Å². The molecule has 0 saturated heterocycles. The summed E-state index contributed by atoms with van der Waals surface area (Å²) >= 11 is 6.60. The van der Waals surface area contributed by atoms with E-state index in [1.54, 1.807) is 18.2 Å². The maximum atomic E-state index is 12.5. The van der Waals surface area contributed by atoms with Gasteiger partial charge in [0, 0.05) is 20.7 Å². The van der Waals surface area contributed by atoms with Crippen molar-refractivity contribution in [2.45, 2.75) is 4.90 Å². The topological polar surface area (TPSA) is 81.4 Å². The Morgan fingerprint density at radius 1 is 1.14 bits per heavy atom. The van der Waals surface area contributed by atoms with Gasteiger partial charge in [0.25, 0.3) is 10.0 Å². The van der Waals surface area contributed by atoms with Gasteiger partial charge in [-0.05, 0) is 46.3 Å². The molecule has 2 aromatic rings. The molecule has 0 radical (unpaired) electrons. The summed E-state index contributed by atoms with van der Waals surface area (Å²) in [7, 11) is -2.40.